The number of rotatable bonds is 1. The minimum Gasteiger partial charge on any atom is -0.330 e. The van der Waals surface area contributed by atoms with Crippen molar-refractivity contribution >= 4 is 46.3 Å². The fourth-order valence-electron chi connectivity index (χ4n) is 2.59. The number of aliphatic imine (C=N–C) groups is 1. The molecule has 0 radical (unpaired) electrons. The van der Waals surface area contributed by atoms with E-state index in [9.17, 15) is 5.26 Å². The summed E-state index contributed by atoms with van der Waals surface area (Å²) in [6.07, 6.45) is 1.28. The van der Waals surface area contributed by atoms with Crippen molar-refractivity contribution in [2.24, 2.45) is 12.0 Å². The van der Waals surface area contributed by atoms with Gasteiger partial charge in [-0.1, -0.05) is 23.2 Å². The zero-order valence-electron chi connectivity index (χ0n) is 12.7. The minimum absolute atomic E-state index is 0.314. The molecule has 1 aliphatic heterocycles. The van der Waals surface area contributed by atoms with Crippen molar-refractivity contribution < 1.29 is 1.37 Å². The van der Waals surface area contributed by atoms with Gasteiger partial charge >= 0.3 is 0 Å². The second-order valence-corrected chi connectivity index (χ2v) is 5.66. The van der Waals surface area contributed by atoms with Crippen LogP contribution in [0.4, 0.5) is 5.82 Å². The standard InChI is InChI=1S/C14H9Cl2N7/c1-23-13(16)9-7(22-23)3-2-6(11(9)15)12-10-8(4-17)18-5-19-14(10)21-20-12/h2-3,5,8H,1H3,(H2,18,19,20,21)/i8D. The summed E-state index contributed by atoms with van der Waals surface area (Å²) in [5, 5.41) is 24.8. The Morgan fingerprint density at radius 1 is 1.43 bits per heavy atom. The van der Waals surface area contributed by atoms with E-state index in [0.29, 0.717) is 43.7 Å². The fraction of sp³-hybridized carbons (Fsp3) is 0.143. The van der Waals surface area contributed by atoms with E-state index in [-0.39, 0.29) is 0 Å². The lowest BCUT2D eigenvalue weighted by Crippen LogP contribution is -2.08. The molecule has 3 heterocycles. The summed E-state index contributed by atoms with van der Waals surface area (Å²) in [7, 11) is 1.72. The van der Waals surface area contributed by atoms with E-state index in [1.807, 2.05) is 6.07 Å². The van der Waals surface area contributed by atoms with Gasteiger partial charge in [0, 0.05) is 12.6 Å². The topological polar surface area (TPSA) is 94.7 Å². The number of halogens is 2. The van der Waals surface area contributed by atoms with Gasteiger partial charge in [-0.05, 0) is 12.1 Å². The summed E-state index contributed by atoms with van der Waals surface area (Å²) in [5.74, 6) is 0.366. The maximum Gasteiger partial charge on any atom is 0.168 e. The van der Waals surface area contributed by atoms with Crippen LogP contribution < -0.4 is 5.32 Å². The lowest BCUT2D eigenvalue weighted by atomic mass is 10.0. The van der Waals surface area contributed by atoms with Gasteiger partial charge in [0.05, 0.1) is 41.0 Å². The maximum absolute atomic E-state index is 9.39. The third kappa shape index (κ3) is 1.92. The van der Waals surface area contributed by atoms with Crippen LogP contribution in [0.2, 0.25) is 10.2 Å². The average Bonchev–Trinajstić information content (AvgIpc) is 3.11. The van der Waals surface area contributed by atoms with Gasteiger partial charge in [-0.3, -0.25) is 14.8 Å². The fourth-order valence-corrected chi connectivity index (χ4v) is 3.21. The number of nitrogens with zero attached hydrogens (tertiary/aromatic N) is 5. The molecule has 0 spiro atoms. The van der Waals surface area contributed by atoms with Crippen LogP contribution in [0.15, 0.2) is 17.1 Å². The number of hydrogen-bond donors (Lipinski definition) is 2. The van der Waals surface area contributed by atoms with Gasteiger partial charge in [-0.25, -0.2) is 0 Å². The number of benzene rings is 1. The molecule has 1 atom stereocenters. The Morgan fingerprint density at radius 3 is 3.04 bits per heavy atom. The molecule has 1 aliphatic rings. The molecule has 2 aromatic heterocycles. The molecule has 0 fully saturated rings. The molecule has 1 unspecified atom stereocenters. The second-order valence-electron chi connectivity index (χ2n) is 4.92. The van der Waals surface area contributed by atoms with E-state index >= 15 is 0 Å². The van der Waals surface area contributed by atoms with Crippen LogP contribution in [0.25, 0.3) is 22.2 Å². The molecule has 0 saturated heterocycles. The second kappa shape index (κ2) is 4.98. The summed E-state index contributed by atoms with van der Waals surface area (Å²) < 4.78 is 9.82. The molecule has 4 rings (SSSR count). The van der Waals surface area contributed by atoms with E-state index in [2.05, 4.69) is 25.6 Å². The number of H-pyrrole nitrogens is 1. The first-order chi connectivity index (χ1) is 11.5. The van der Waals surface area contributed by atoms with E-state index in [4.69, 9.17) is 24.6 Å². The molecule has 7 nitrogen and oxygen atoms in total. The first kappa shape index (κ1) is 12.9. The predicted octanol–water partition coefficient (Wildman–Crippen LogP) is 3.29. The van der Waals surface area contributed by atoms with Crippen LogP contribution in [0, 0.1) is 11.3 Å². The summed E-state index contributed by atoms with van der Waals surface area (Å²) in [6, 6.07) is 3.60. The summed E-state index contributed by atoms with van der Waals surface area (Å²) >= 11 is 12.8. The molecule has 2 N–H and O–H groups in total. The number of nitrogens with one attached hydrogen (secondary N) is 2. The zero-order valence-corrected chi connectivity index (χ0v) is 13.2. The van der Waals surface area contributed by atoms with E-state index in [1.165, 1.54) is 11.0 Å². The van der Waals surface area contributed by atoms with E-state index in [0.717, 1.165) is 0 Å². The largest absolute Gasteiger partial charge is 0.330 e. The molecule has 114 valence electrons. The van der Waals surface area contributed by atoms with Crippen LogP contribution in [0.5, 0.6) is 0 Å². The van der Waals surface area contributed by atoms with Crippen LogP contribution in [0.3, 0.4) is 0 Å². The van der Waals surface area contributed by atoms with Crippen molar-refractivity contribution in [2.75, 3.05) is 5.32 Å². The molecule has 0 bridgehead atoms. The number of aromatic amines is 1. The summed E-state index contributed by atoms with van der Waals surface area (Å²) in [4.78, 5) is 3.92. The van der Waals surface area contributed by atoms with Gasteiger partial charge in [0.1, 0.15) is 5.15 Å². The average molecular weight is 347 g/mol. The molecule has 0 aliphatic carbocycles. The highest BCUT2D eigenvalue weighted by molar-refractivity contribution is 6.43. The molecule has 9 heteroatoms. The number of hydrogen-bond acceptors (Lipinski definition) is 5. The van der Waals surface area contributed by atoms with Gasteiger partial charge in [0.2, 0.25) is 0 Å². The van der Waals surface area contributed by atoms with E-state index < -0.39 is 6.02 Å². The Labute approximate surface area is 141 Å². The minimum atomic E-state index is -1.81. The van der Waals surface area contributed by atoms with Gasteiger partial charge in [0.15, 0.2) is 11.8 Å². The number of anilines is 1. The first-order valence-electron chi connectivity index (χ1n) is 7.07. The van der Waals surface area contributed by atoms with Crippen LogP contribution in [-0.4, -0.2) is 26.3 Å². The van der Waals surface area contributed by atoms with Crippen molar-refractivity contribution in [1.82, 2.24) is 20.0 Å². The molecular formula is C14H9Cl2N7. The van der Waals surface area contributed by atoms with Crippen molar-refractivity contribution in [3.8, 4) is 17.3 Å². The molecule has 0 saturated carbocycles. The highest BCUT2D eigenvalue weighted by Crippen LogP contribution is 2.41. The highest BCUT2D eigenvalue weighted by Gasteiger charge is 2.27. The molecule has 23 heavy (non-hydrogen) atoms. The smallest absolute Gasteiger partial charge is 0.168 e. The van der Waals surface area contributed by atoms with Crippen LogP contribution in [0.1, 0.15) is 13.0 Å². The van der Waals surface area contributed by atoms with Crippen molar-refractivity contribution in [1.29, 1.82) is 5.26 Å². The van der Waals surface area contributed by atoms with Crippen molar-refractivity contribution in [3.63, 3.8) is 0 Å². The Hall–Kier alpha value is -2.56. The lowest BCUT2D eigenvalue weighted by Gasteiger charge is -2.13. The highest BCUT2D eigenvalue weighted by atomic mass is 35.5. The summed E-state index contributed by atoms with van der Waals surface area (Å²) in [6.45, 7) is 0. The molecule has 0 amide bonds. The molecular weight excluding hydrogens is 337 g/mol. The Bertz CT molecular complexity index is 1060. The van der Waals surface area contributed by atoms with Crippen LogP contribution >= 0.6 is 23.2 Å². The Balaban J connectivity index is 2.02. The van der Waals surface area contributed by atoms with Crippen LogP contribution in [-0.2, 0) is 7.05 Å². The van der Waals surface area contributed by atoms with E-state index in [1.54, 1.807) is 19.2 Å². The van der Waals surface area contributed by atoms with Gasteiger partial charge < -0.3 is 5.32 Å². The van der Waals surface area contributed by atoms with Gasteiger partial charge in [0.25, 0.3) is 0 Å². The SMILES string of the molecule is [2H]C1(C#N)N=CNc2n[nH]c(-c3ccc4nn(C)c(Cl)c4c3Cl)c21. The quantitative estimate of drug-likeness (QED) is 0.706. The van der Waals surface area contributed by atoms with Gasteiger partial charge in [-0.2, -0.15) is 15.5 Å². The third-order valence-electron chi connectivity index (χ3n) is 3.64. The summed E-state index contributed by atoms with van der Waals surface area (Å²) in [5.41, 5.74) is 1.98. The maximum atomic E-state index is 9.39. The normalized spacial score (nSPS) is 20.0. The Kier molecular flexibility index (Phi) is 2.80. The molecule has 1 aromatic carbocycles. The zero-order chi connectivity index (χ0) is 17.1. The predicted molar refractivity (Wildman–Crippen MR) is 88.8 cm³/mol. The van der Waals surface area contributed by atoms with Crippen molar-refractivity contribution in [2.45, 2.75) is 6.02 Å². The monoisotopic (exact) mass is 346 g/mol. The number of fused-ring (bicyclic) bond motifs is 2. The number of aromatic nitrogens is 4. The lowest BCUT2D eigenvalue weighted by molar-refractivity contribution is 0.780. The van der Waals surface area contributed by atoms with Gasteiger partial charge in [-0.15, -0.1) is 0 Å². The van der Waals surface area contributed by atoms with Crippen molar-refractivity contribution in [3.05, 3.63) is 27.9 Å². The first-order valence-corrected chi connectivity index (χ1v) is 7.33. The number of nitriles is 1. The number of aryl methyl sites for hydroxylation is 1. The Morgan fingerprint density at radius 2 is 2.26 bits per heavy atom. The third-order valence-corrected chi connectivity index (χ3v) is 4.47. The molecule has 3 aromatic rings.